The molecule has 29 heavy (non-hydrogen) atoms. The van der Waals surface area contributed by atoms with Crippen LogP contribution in [0.25, 0.3) is 0 Å². The van der Waals surface area contributed by atoms with Gasteiger partial charge in [-0.1, -0.05) is 35.5 Å². The minimum absolute atomic E-state index is 0.0702. The van der Waals surface area contributed by atoms with Gasteiger partial charge in [0.1, 0.15) is 5.76 Å². The summed E-state index contributed by atoms with van der Waals surface area (Å²) in [7, 11) is -3.34. The van der Waals surface area contributed by atoms with Gasteiger partial charge < -0.3 is 9.84 Å². The zero-order valence-corrected chi connectivity index (χ0v) is 17.4. The molecule has 2 atom stereocenters. The van der Waals surface area contributed by atoms with E-state index in [1.54, 1.807) is 10.4 Å². The molecule has 1 saturated heterocycles. The number of piperidine rings is 1. The SMILES string of the molecule is C[C@H]1C[C@@H](NC(=O)c2cc(C3CC3)on2)CCN1S(=O)(=O)CCc1ccccc1. The molecule has 156 valence electrons. The highest BCUT2D eigenvalue weighted by Gasteiger charge is 2.34. The maximum absolute atomic E-state index is 12.8. The number of hydrogen-bond acceptors (Lipinski definition) is 5. The largest absolute Gasteiger partial charge is 0.360 e. The molecule has 7 nitrogen and oxygen atoms in total. The van der Waals surface area contributed by atoms with Gasteiger partial charge in [0.25, 0.3) is 5.91 Å². The number of carbonyl (C=O) groups is 1. The predicted molar refractivity (Wildman–Crippen MR) is 109 cm³/mol. The summed E-state index contributed by atoms with van der Waals surface area (Å²) in [6.07, 6.45) is 3.86. The summed E-state index contributed by atoms with van der Waals surface area (Å²) >= 11 is 0. The van der Waals surface area contributed by atoms with E-state index in [-0.39, 0.29) is 23.7 Å². The molecule has 1 amide bonds. The lowest BCUT2D eigenvalue weighted by Gasteiger charge is -2.36. The molecule has 1 saturated carbocycles. The molecule has 1 aliphatic carbocycles. The van der Waals surface area contributed by atoms with Crippen molar-refractivity contribution in [1.29, 1.82) is 0 Å². The third-order valence-electron chi connectivity index (χ3n) is 5.74. The first-order valence-corrected chi connectivity index (χ1v) is 11.8. The standard InChI is InChI=1S/C21H27N3O4S/c1-15-13-18(22-21(25)19-14-20(28-23-19)17-7-8-17)9-11-24(15)29(26,27)12-10-16-5-3-2-4-6-16/h2-6,14-15,17-18H,7-13H2,1H3,(H,22,25)/t15-,18-/m0/s1. The number of carbonyl (C=O) groups excluding carboxylic acids is 1. The molecule has 0 bridgehead atoms. The van der Waals surface area contributed by atoms with Crippen molar-refractivity contribution in [2.45, 2.75) is 57.0 Å². The molecule has 2 heterocycles. The summed E-state index contributed by atoms with van der Waals surface area (Å²) in [6.45, 7) is 2.31. The Morgan fingerprint density at radius 2 is 2.00 bits per heavy atom. The number of nitrogens with zero attached hydrogens (tertiary/aromatic N) is 2. The molecular weight excluding hydrogens is 390 g/mol. The highest BCUT2D eigenvalue weighted by Crippen LogP contribution is 2.40. The maximum atomic E-state index is 12.8. The van der Waals surface area contributed by atoms with Gasteiger partial charge in [-0.25, -0.2) is 8.42 Å². The monoisotopic (exact) mass is 417 g/mol. The number of nitrogens with one attached hydrogen (secondary N) is 1. The average molecular weight is 418 g/mol. The van der Waals surface area contributed by atoms with Crippen LogP contribution in [-0.4, -0.2) is 48.2 Å². The van der Waals surface area contributed by atoms with Gasteiger partial charge in [0.2, 0.25) is 10.0 Å². The van der Waals surface area contributed by atoms with Gasteiger partial charge >= 0.3 is 0 Å². The van der Waals surface area contributed by atoms with Crippen LogP contribution in [0.4, 0.5) is 0 Å². The molecule has 1 aromatic carbocycles. The second-order valence-corrected chi connectivity index (χ2v) is 10.1. The Balaban J connectivity index is 1.30. The van der Waals surface area contributed by atoms with E-state index in [9.17, 15) is 13.2 Å². The lowest BCUT2D eigenvalue weighted by atomic mass is 10.0. The van der Waals surface area contributed by atoms with Crippen LogP contribution in [0.1, 0.15) is 60.3 Å². The highest BCUT2D eigenvalue weighted by atomic mass is 32.2. The van der Waals surface area contributed by atoms with Crippen molar-refractivity contribution in [1.82, 2.24) is 14.8 Å². The van der Waals surface area contributed by atoms with E-state index >= 15 is 0 Å². The first-order chi connectivity index (χ1) is 13.9. The lowest BCUT2D eigenvalue weighted by molar-refractivity contribution is 0.0905. The summed E-state index contributed by atoms with van der Waals surface area (Å²) in [5.74, 6) is 1.04. The van der Waals surface area contributed by atoms with Crippen molar-refractivity contribution in [3.8, 4) is 0 Å². The molecule has 1 N–H and O–H groups in total. The molecule has 8 heteroatoms. The van der Waals surface area contributed by atoms with E-state index in [1.807, 2.05) is 37.3 Å². The minimum atomic E-state index is -3.34. The van der Waals surface area contributed by atoms with E-state index in [4.69, 9.17) is 4.52 Å². The number of rotatable bonds is 7. The quantitative estimate of drug-likeness (QED) is 0.748. The summed E-state index contributed by atoms with van der Waals surface area (Å²) in [6, 6.07) is 11.1. The molecule has 0 unspecified atom stereocenters. The van der Waals surface area contributed by atoms with E-state index in [0.717, 1.165) is 24.2 Å². The van der Waals surface area contributed by atoms with E-state index in [1.165, 1.54) is 0 Å². The number of sulfonamides is 1. The fourth-order valence-electron chi connectivity index (χ4n) is 3.92. The van der Waals surface area contributed by atoms with Crippen LogP contribution in [0.5, 0.6) is 0 Å². The second-order valence-electron chi connectivity index (χ2n) is 8.09. The molecule has 1 aromatic heterocycles. The first kappa shape index (κ1) is 20.1. The van der Waals surface area contributed by atoms with Gasteiger partial charge in [0.15, 0.2) is 5.69 Å². The number of amides is 1. The highest BCUT2D eigenvalue weighted by molar-refractivity contribution is 7.89. The van der Waals surface area contributed by atoms with Crippen molar-refractivity contribution in [3.63, 3.8) is 0 Å². The number of benzene rings is 1. The van der Waals surface area contributed by atoms with Crippen LogP contribution in [0.2, 0.25) is 0 Å². The van der Waals surface area contributed by atoms with Gasteiger partial charge in [-0.05, 0) is 44.6 Å². The third-order valence-corrected chi connectivity index (χ3v) is 7.72. The van der Waals surface area contributed by atoms with Gasteiger partial charge in [0.05, 0.1) is 5.75 Å². The van der Waals surface area contributed by atoms with E-state index in [0.29, 0.717) is 37.4 Å². The predicted octanol–water partition coefficient (Wildman–Crippen LogP) is 2.71. The smallest absolute Gasteiger partial charge is 0.273 e. The lowest BCUT2D eigenvalue weighted by Crippen LogP contribution is -2.51. The maximum Gasteiger partial charge on any atom is 0.273 e. The summed E-state index contributed by atoms with van der Waals surface area (Å²) in [4.78, 5) is 12.4. The molecule has 2 aromatic rings. The van der Waals surface area contributed by atoms with Gasteiger partial charge in [-0.15, -0.1) is 0 Å². The zero-order valence-electron chi connectivity index (χ0n) is 16.6. The van der Waals surface area contributed by atoms with Crippen LogP contribution in [0.15, 0.2) is 40.9 Å². The number of aromatic nitrogens is 1. The van der Waals surface area contributed by atoms with Crippen LogP contribution in [0, 0.1) is 0 Å². The van der Waals surface area contributed by atoms with Gasteiger partial charge in [0, 0.05) is 30.6 Å². The first-order valence-electron chi connectivity index (χ1n) is 10.2. The summed E-state index contributed by atoms with van der Waals surface area (Å²) in [5, 5.41) is 6.86. The number of aryl methyl sites for hydroxylation is 1. The Morgan fingerprint density at radius 3 is 2.69 bits per heavy atom. The van der Waals surface area contributed by atoms with Gasteiger partial charge in [-0.3, -0.25) is 4.79 Å². The summed E-state index contributed by atoms with van der Waals surface area (Å²) < 4.78 is 32.4. The average Bonchev–Trinajstić information content (AvgIpc) is 3.43. The fraction of sp³-hybridized carbons (Fsp3) is 0.524. The van der Waals surface area contributed by atoms with Crippen LogP contribution >= 0.6 is 0 Å². The Hall–Kier alpha value is -2.19. The summed E-state index contributed by atoms with van der Waals surface area (Å²) in [5.41, 5.74) is 1.32. The molecule has 0 spiro atoms. The van der Waals surface area contributed by atoms with E-state index in [2.05, 4.69) is 10.5 Å². The molecule has 2 fully saturated rings. The molecule has 2 aliphatic rings. The zero-order chi connectivity index (χ0) is 20.4. The van der Waals surface area contributed by atoms with Crippen molar-refractivity contribution in [2.75, 3.05) is 12.3 Å². The minimum Gasteiger partial charge on any atom is -0.360 e. The van der Waals surface area contributed by atoms with Crippen LogP contribution in [0.3, 0.4) is 0 Å². The van der Waals surface area contributed by atoms with E-state index < -0.39 is 10.0 Å². The fourth-order valence-corrected chi connectivity index (χ4v) is 5.67. The Bertz CT molecular complexity index is 953. The van der Waals surface area contributed by atoms with Crippen LogP contribution in [-0.2, 0) is 16.4 Å². The van der Waals surface area contributed by atoms with Gasteiger partial charge in [-0.2, -0.15) is 4.31 Å². The molecule has 0 radical (unpaired) electrons. The normalized spacial score (nSPS) is 23.1. The van der Waals surface area contributed by atoms with Crippen molar-refractivity contribution < 1.29 is 17.7 Å². The molecule has 4 rings (SSSR count). The van der Waals surface area contributed by atoms with Crippen molar-refractivity contribution >= 4 is 15.9 Å². The van der Waals surface area contributed by atoms with Crippen molar-refractivity contribution in [2.24, 2.45) is 0 Å². The van der Waals surface area contributed by atoms with Crippen LogP contribution < -0.4 is 5.32 Å². The Labute approximate surface area is 171 Å². The Kier molecular flexibility index (Phi) is 5.74. The third kappa shape index (κ3) is 4.87. The second kappa shape index (κ2) is 8.28. The Morgan fingerprint density at radius 1 is 1.24 bits per heavy atom. The number of hydrogen-bond donors (Lipinski definition) is 1. The van der Waals surface area contributed by atoms with Crippen molar-refractivity contribution in [3.05, 3.63) is 53.4 Å². The molecular formula is C21H27N3O4S. The topological polar surface area (TPSA) is 92.5 Å². The molecule has 1 aliphatic heterocycles.